The lowest BCUT2D eigenvalue weighted by molar-refractivity contribution is 0.0943. The summed E-state index contributed by atoms with van der Waals surface area (Å²) in [7, 11) is 5.96. The van der Waals surface area contributed by atoms with Crippen molar-refractivity contribution in [1.29, 1.82) is 0 Å². The molecular formula is C21H30ClN5O2. The Morgan fingerprint density at radius 2 is 2.10 bits per heavy atom. The molecule has 0 unspecified atom stereocenters. The molecule has 29 heavy (non-hydrogen) atoms. The van der Waals surface area contributed by atoms with Gasteiger partial charge in [-0.2, -0.15) is 0 Å². The number of amides is 1. The smallest absolute Gasteiger partial charge is 0.251 e. The lowest BCUT2D eigenvalue weighted by Gasteiger charge is -2.32. The van der Waals surface area contributed by atoms with E-state index in [0.29, 0.717) is 22.9 Å². The summed E-state index contributed by atoms with van der Waals surface area (Å²) in [5.41, 5.74) is 0.547. The topological polar surface area (TPSA) is 62.6 Å². The van der Waals surface area contributed by atoms with Crippen molar-refractivity contribution in [1.82, 2.24) is 24.7 Å². The third-order valence-electron chi connectivity index (χ3n) is 5.15. The van der Waals surface area contributed by atoms with Gasteiger partial charge in [0, 0.05) is 51.2 Å². The van der Waals surface area contributed by atoms with E-state index in [1.807, 2.05) is 38.4 Å². The van der Waals surface area contributed by atoms with Crippen LogP contribution < -0.4 is 10.1 Å². The minimum absolute atomic E-state index is 0.122. The molecule has 158 valence electrons. The summed E-state index contributed by atoms with van der Waals surface area (Å²) < 4.78 is 8.18. The van der Waals surface area contributed by atoms with Crippen LogP contribution in [0.25, 0.3) is 0 Å². The van der Waals surface area contributed by atoms with E-state index in [1.54, 1.807) is 18.2 Å². The molecule has 1 N–H and O–H groups in total. The van der Waals surface area contributed by atoms with Gasteiger partial charge in [0.1, 0.15) is 17.7 Å². The van der Waals surface area contributed by atoms with Crippen LogP contribution in [0, 0.1) is 0 Å². The van der Waals surface area contributed by atoms with Crippen molar-refractivity contribution in [3.63, 3.8) is 0 Å². The van der Waals surface area contributed by atoms with Crippen LogP contribution in [-0.4, -0.2) is 71.6 Å². The summed E-state index contributed by atoms with van der Waals surface area (Å²) in [6, 6.07) is 5.24. The van der Waals surface area contributed by atoms with Crippen molar-refractivity contribution in [2.24, 2.45) is 7.05 Å². The lowest BCUT2D eigenvalue weighted by atomic mass is 10.1. The number of hydrogen-bond acceptors (Lipinski definition) is 5. The third-order valence-corrected chi connectivity index (χ3v) is 5.45. The first-order chi connectivity index (χ1) is 13.9. The SMILES string of the molecule is CN(C)CCNC(=O)c1ccc(OC2CCN(Cc3nccn3C)CC2)c(Cl)c1. The highest BCUT2D eigenvalue weighted by Crippen LogP contribution is 2.28. The minimum atomic E-state index is -0.122. The molecule has 0 bridgehead atoms. The standard InChI is InChI=1S/C21H30ClN5O2/c1-25(2)12-8-24-21(28)16-4-5-19(18(22)14-16)29-17-6-10-27(11-7-17)15-20-23-9-13-26(20)3/h4-5,9,13-14,17H,6-8,10-12,15H2,1-3H3,(H,24,28). The minimum Gasteiger partial charge on any atom is -0.489 e. The van der Waals surface area contributed by atoms with E-state index in [9.17, 15) is 4.79 Å². The molecule has 1 saturated heterocycles. The van der Waals surface area contributed by atoms with Gasteiger partial charge in [-0.1, -0.05) is 11.6 Å². The maximum Gasteiger partial charge on any atom is 0.251 e. The van der Waals surface area contributed by atoms with Gasteiger partial charge in [-0.25, -0.2) is 4.98 Å². The van der Waals surface area contributed by atoms with Crippen molar-refractivity contribution < 1.29 is 9.53 Å². The van der Waals surface area contributed by atoms with E-state index in [0.717, 1.165) is 44.8 Å². The average Bonchev–Trinajstić information content (AvgIpc) is 3.09. The summed E-state index contributed by atoms with van der Waals surface area (Å²) in [5.74, 6) is 1.59. The summed E-state index contributed by atoms with van der Waals surface area (Å²) in [6.45, 7) is 4.16. The Kier molecular flexibility index (Phi) is 7.52. The molecule has 0 spiro atoms. The molecule has 1 aromatic carbocycles. The normalized spacial score (nSPS) is 15.6. The van der Waals surface area contributed by atoms with Crippen LogP contribution >= 0.6 is 11.6 Å². The van der Waals surface area contributed by atoms with E-state index >= 15 is 0 Å². The molecule has 0 radical (unpaired) electrons. The Bertz CT molecular complexity index is 815. The number of hydrogen-bond donors (Lipinski definition) is 1. The van der Waals surface area contributed by atoms with E-state index in [1.165, 1.54) is 0 Å². The van der Waals surface area contributed by atoms with E-state index in [4.69, 9.17) is 16.3 Å². The number of rotatable bonds is 8. The number of aryl methyl sites for hydroxylation is 1. The zero-order valence-electron chi connectivity index (χ0n) is 17.4. The molecule has 2 aromatic rings. The van der Waals surface area contributed by atoms with Crippen molar-refractivity contribution in [3.05, 3.63) is 47.0 Å². The Morgan fingerprint density at radius 3 is 2.72 bits per heavy atom. The highest BCUT2D eigenvalue weighted by Gasteiger charge is 2.22. The van der Waals surface area contributed by atoms with Gasteiger partial charge in [0.2, 0.25) is 0 Å². The number of likely N-dealkylation sites (tertiary alicyclic amines) is 1. The van der Waals surface area contributed by atoms with Gasteiger partial charge in [-0.15, -0.1) is 0 Å². The average molecular weight is 420 g/mol. The number of carbonyl (C=O) groups is 1. The van der Waals surface area contributed by atoms with Gasteiger partial charge < -0.3 is 19.5 Å². The molecule has 0 atom stereocenters. The van der Waals surface area contributed by atoms with Crippen LogP contribution in [0.15, 0.2) is 30.6 Å². The number of aromatic nitrogens is 2. The van der Waals surface area contributed by atoms with Gasteiger partial charge >= 0.3 is 0 Å². The van der Waals surface area contributed by atoms with Gasteiger partial charge in [0.05, 0.1) is 11.6 Å². The van der Waals surface area contributed by atoms with Gasteiger partial charge in [-0.05, 0) is 45.1 Å². The maximum atomic E-state index is 12.2. The van der Waals surface area contributed by atoms with Crippen molar-refractivity contribution in [2.75, 3.05) is 40.3 Å². The maximum absolute atomic E-state index is 12.2. The quantitative estimate of drug-likeness (QED) is 0.711. The second kappa shape index (κ2) is 10.1. The number of likely N-dealkylation sites (N-methyl/N-ethyl adjacent to an activating group) is 1. The molecule has 1 aliphatic heterocycles. The van der Waals surface area contributed by atoms with Gasteiger partial charge in [0.25, 0.3) is 5.91 Å². The van der Waals surface area contributed by atoms with E-state index < -0.39 is 0 Å². The van der Waals surface area contributed by atoms with E-state index in [-0.39, 0.29) is 12.0 Å². The van der Waals surface area contributed by atoms with Gasteiger partial charge in [-0.3, -0.25) is 9.69 Å². The Balaban J connectivity index is 1.48. The monoisotopic (exact) mass is 419 g/mol. The molecule has 1 aromatic heterocycles. The number of imidazole rings is 1. The molecule has 1 aliphatic rings. The second-order valence-electron chi connectivity index (χ2n) is 7.75. The van der Waals surface area contributed by atoms with E-state index in [2.05, 4.69) is 19.8 Å². The summed E-state index contributed by atoms with van der Waals surface area (Å²) in [6.07, 6.45) is 5.81. The number of nitrogens with one attached hydrogen (secondary N) is 1. The number of halogens is 1. The largest absolute Gasteiger partial charge is 0.489 e. The fourth-order valence-electron chi connectivity index (χ4n) is 3.35. The first kappa shape index (κ1) is 21.6. The molecule has 7 nitrogen and oxygen atoms in total. The predicted molar refractivity (Wildman–Crippen MR) is 114 cm³/mol. The summed E-state index contributed by atoms with van der Waals surface area (Å²) in [5, 5.41) is 3.37. The number of carbonyl (C=O) groups excluding carboxylic acids is 1. The lowest BCUT2D eigenvalue weighted by Crippen LogP contribution is -2.38. The van der Waals surface area contributed by atoms with Crippen LogP contribution in [-0.2, 0) is 13.6 Å². The Hall–Kier alpha value is -2.09. The Labute approximate surface area is 177 Å². The van der Waals surface area contributed by atoms with Crippen LogP contribution in [0.5, 0.6) is 5.75 Å². The molecular weight excluding hydrogens is 390 g/mol. The second-order valence-corrected chi connectivity index (χ2v) is 8.16. The zero-order chi connectivity index (χ0) is 20.8. The van der Waals surface area contributed by atoms with Crippen molar-refractivity contribution in [2.45, 2.75) is 25.5 Å². The molecule has 3 rings (SSSR count). The molecule has 0 saturated carbocycles. The first-order valence-electron chi connectivity index (χ1n) is 10.00. The number of nitrogens with zero attached hydrogens (tertiary/aromatic N) is 4. The van der Waals surface area contributed by atoms with Crippen molar-refractivity contribution >= 4 is 17.5 Å². The fourth-order valence-corrected chi connectivity index (χ4v) is 3.57. The summed E-state index contributed by atoms with van der Waals surface area (Å²) in [4.78, 5) is 21.0. The molecule has 2 heterocycles. The Morgan fingerprint density at radius 1 is 1.34 bits per heavy atom. The number of piperidine rings is 1. The van der Waals surface area contributed by atoms with Gasteiger partial charge in [0.15, 0.2) is 0 Å². The zero-order valence-corrected chi connectivity index (χ0v) is 18.2. The number of ether oxygens (including phenoxy) is 1. The van der Waals surface area contributed by atoms with Crippen LogP contribution in [0.4, 0.5) is 0 Å². The first-order valence-corrected chi connectivity index (χ1v) is 10.4. The molecule has 8 heteroatoms. The molecule has 0 aliphatic carbocycles. The highest BCUT2D eigenvalue weighted by atomic mass is 35.5. The highest BCUT2D eigenvalue weighted by molar-refractivity contribution is 6.32. The van der Waals surface area contributed by atoms with Crippen LogP contribution in [0.3, 0.4) is 0 Å². The molecule has 1 amide bonds. The predicted octanol–water partition coefficient (Wildman–Crippen LogP) is 2.41. The third kappa shape index (κ3) is 6.19. The van der Waals surface area contributed by atoms with Crippen LogP contribution in [0.1, 0.15) is 29.0 Å². The van der Waals surface area contributed by atoms with Crippen LogP contribution in [0.2, 0.25) is 5.02 Å². The number of benzene rings is 1. The van der Waals surface area contributed by atoms with Crippen molar-refractivity contribution in [3.8, 4) is 5.75 Å². The summed E-state index contributed by atoms with van der Waals surface area (Å²) >= 11 is 6.38. The molecule has 1 fully saturated rings. The fraction of sp³-hybridized carbons (Fsp3) is 0.524.